The summed E-state index contributed by atoms with van der Waals surface area (Å²) in [5, 5.41) is 10.8. The first-order valence-electron chi connectivity index (χ1n) is 8.30. The largest absolute Gasteiger partial charge is 0.404 e. The minimum absolute atomic E-state index is 0.328. The number of aliphatic imine (C=N–C) groups is 1. The molecule has 4 N–H and O–H groups in total. The van der Waals surface area contributed by atoms with Gasteiger partial charge in [0.1, 0.15) is 5.82 Å². The van der Waals surface area contributed by atoms with Crippen LogP contribution in [0.25, 0.3) is 5.57 Å². The van der Waals surface area contributed by atoms with E-state index < -0.39 is 5.92 Å². The average molecular weight is 370 g/mol. The van der Waals surface area contributed by atoms with Gasteiger partial charge in [0.05, 0.1) is 13.1 Å². The van der Waals surface area contributed by atoms with E-state index in [-0.39, 0.29) is 13.1 Å². The Balaban J connectivity index is 1.87. The number of benzene rings is 1. The summed E-state index contributed by atoms with van der Waals surface area (Å²) < 4.78 is 26.2. The van der Waals surface area contributed by atoms with Crippen LogP contribution in [0.3, 0.4) is 0 Å². The number of aromatic nitrogens is 1. The van der Waals surface area contributed by atoms with Crippen molar-refractivity contribution in [3.05, 3.63) is 53.9 Å². The van der Waals surface area contributed by atoms with Crippen LogP contribution < -0.4 is 16.0 Å². The second-order valence-electron chi connectivity index (χ2n) is 6.20. The van der Waals surface area contributed by atoms with Gasteiger partial charge < -0.3 is 21.4 Å². The first-order valence-corrected chi connectivity index (χ1v) is 8.30. The van der Waals surface area contributed by atoms with Crippen molar-refractivity contribution >= 4 is 35.2 Å². The van der Waals surface area contributed by atoms with Crippen LogP contribution in [0.5, 0.6) is 0 Å². The summed E-state index contributed by atoms with van der Waals surface area (Å²) in [4.78, 5) is 9.66. The second kappa shape index (κ2) is 7.53. The Morgan fingerprint density at radius 1 is 1.33 bits per heavy atom. The maximum Gasteiger partial charge on any atom is 0.282 e. The number of nitrogens with zero attached hydrogens (tertiary/aromatic N) is 3. The molecule has 0 saturated carbocycles. The summed E-state index contributed by atoms with van der Waals surface area (Å²) in [7, 11) is 1.66. The molecule has 2 aromatic rings. The normalized spacial score (nSPS) is 16.3. The van der Waals surface area contributed by atoms with E-state index in [1.807, 2.05) is 12.1 Å². The van der Waals surface area contributed by atoms with Gasteiger partial charge in [-0.1, -0.05) is 12.1 Å². The molecule has 0 bridgehead atoms. The van der Waals surface area contributed by atoms with Gasteiger partial charge >= 0.3 is 0 Å². The number of rotatable bonds is 6. The molecule has 140 valence electrons. The Labute approximate surface area is 155 Å². The average Bonchev–Trinajstić information content (AvgIpc) is 2.64. The standard InChI is InChI=1S/C19H20F2N6/c1-24-10-15(9-23)13-2-3-14(8-22)17(6-13)26-16-4-5-25-18(7-16)27-11-19(20,21)12-27/h2-10,22H,11-12,23H2,1H3,(H,25,26). The van der Waals surface area contributed by atoms with Crippen molar-refractivity contribution in [3.63, 3.8) is 0 Å². The number of nitrogens with one attached hydrogen (secondary N) is 2. The highest BCUT2D eigenvalue weighted by Crippen LogP contribution is 2.32. The third-order valence-electron chi connectivity index (χ3n) is 4.18. The molecule has 27 heavy (non-hydrogen) atoms. The Morgan fingerprint density at radius 3 is 2.74 bits per heavy atom. The molecule has 1 fully saturated rings. The number of anilines is 3. The van der Waals surface area contributed by atoms with Gasteiger partial charge in [0, 0.05) is 60.5 Å². The number of nitrogens with two attached hydrogens (primary N) is 1. The highest BCUT2D eigenvalue weighted by molar-refractivity contribution is 6.10. The Hall–Kier alpha value is -3.29. The molecule has 0 unspecified atom stereocenters. The predicted molar refractivity (Wildman–Crippen MR) is 106 cm³/mol. The molecule has 8 heteroatoms. The van der Waals surface area contributed by atoms with Gasteiger partial charge in [-0.25, -0.2) is 13.8 Å². The van der Waals surface area contributed by atoms with Crippen molar-refractivity contribution in [2.24, 2.45) is 10.7 Å². The van der Waals surface area contributed by atoms with Gasteiger partial charge in [0.15, 0.2) is 0 Å². The molecular weight excluding hydrogens is 350 g/mol. The molecule has 1 aromatic heterocycles. The van der Waals surface area contributed by atoms with Crippen molar-refractivity contribution in [1.82, 2.24) is 4.98 Å². The van der Waals surface area contributed by atoms with Gasteiger partial charge in [0.2, 0.25) is 0 Å². The van der Waals surface area contributed by atoms with Crippen LogP contribution in [0.1, 0.15) is 11.1 Å². The van der Waals surface area contributed by atoms with E-state index >= 15 is 0 Å². The van der Waals surface area contributed by atoms with Crippen molar-refractivity contribution in [1.29, 1.82) is 5.41 Å². The second-order valence-corrected chi connectivity index (χ2v) is 6.20. The molecule has 0 atom stereocenters. The summed E-state index contributed by atoms with van der Waals surface area (Å²) in [5.41, 5.74) is 9.32. The predicted octanol–water partition coefficient (Wildman–Crippen LogP) is 3.28. The Bertz CT molecular complexity index is 899. The molecule has 1 aromatic carbocycles. The van der Waals surface area contributed by atoms with Gasteiger partial charge in [-0.15, -0.1) is 0 Å². The maximum atomic E-state index is 13.1. The van der Waals surface area contributed by atoms with Crippen LogP contribution in [-0.2, 0) is 0 Å². The first kappa shape index (κ1) is 18.5. The molecular formula is C19H20F2N6. The van der Waals surface area contributed by atoms with E-state index in [0.717, 1.165) is 11.1 Å². The van der Waals surface area contributed by atoms with Crippen LogP contribution in [-0.4, -0.2) is 43.5 Å². The minimum Gasteiger partial charge on any atom is -0.404 e. The fraction of sp³-hybridized carbons (Fsp3) is 0.211. The van der Waals surface area contributed by atoms with Crippen LogP contribution in [0.4, 0.5) is 26.0 Å². The number of hydrogen-bond donors (Lipinski definition) is 3. The smallest absolute Gasteiger partial charge is 0.282 e. The van der Waals surface area contributed by atoms with Crippen LogP contribution in [0, 0.1) is 5.41 Å². The lowest BCUT2D eigenvalue weighted by molar-refractivity contribution is -0.0266. The van der Waals surface area contributed by atoms with Crippen LogP contribution in [0.15, 0.2) is 47.7 Å². The summed E-state index contributed by atoms with van der Waals surface area (Å²) in [6, 6.07) is 8.97. The maximum absolute atomic E-state index is 13.1. The monoisotopic (exact) mass is 370 g/mol. The van der Waals surface area contributed by atoms with E-state index in [1.165, 1.54) is 17.3 Å². The number of halogens is 2. The molecule has 0 amide bonds. The molecule has 0 spiro atoms. The number of allylic oxidation sites excluding steroid dienone is 1. The molecule has 1 saturated heterocycles. The van der Waals surface area contributed by atoms with Crippen LogP contribution in [0.2, 0.25) is 0 Å². The van der Waals surface area contributed by atoms with E-state index in [1.54, 1.807) is 37.7 Å². The zero-order valence-electron chi connectivity index (χ0n) is 14.8. The summed E-state index contributed by atoms with van der Waals surface area (Å²) in [5.74, 6) is -2.17. The highest BCUT2D eigenvalue weighted by Gasteiger charge is 2.44. The zero-order chi connectivity index (χ0) is 19.4. The molecule has 0 aliphatic carbocycles. The number of pyridine rings is 1. The zero-order valence-corrected chi connectivity index (χ0v) is 14.8. The van der Waals surface area contributed by atoms with Crippen molar-refractivity contribution in [2.45, 2.75) is 5.92 Å². The van der Waals surface area contributed by atoms with E-state index in [0.29, 0.717) is 22.8 Å². The molecule has 0 radical (unpaired) electrons. The van der Waals surface area contributed by atoms with E-state index in [2.05, 4.69) is 15.3 Å². The van der Waals surface area contributed by atoms with Gasteiger partial charge in [-0.05, 0) is 17.7 Å². The number of hydrogen-bond acceptors (Lipinski definition) is 6. The minimum atomic E-state index is -2.65. The van der Waals surface area contributed by atoms with E-state index in [4.69, 9.17) is 11.1 Å². The highest BCUT2D eigenvalue weighted by atomic mass is 19.3. The lowest BCUT2D eigenvalue weighted by Gasteiger charge is -2.39. The number of alkyl halides is 2. The summed E-state index contributed by atoms with van der Waals surface area (Å²) in [6.45, 7) is -0.655. The fourth-order valence-electron chi connectivity index (χ4n) is 2.82. The van der Waals surface area contributed by atoms with Crippen molar-refractivity contribution in [2.75, 3.05) is 30.4 Å². The molecule has 2 heterocycles. The molecule has 6 nitrogen and oxygen atoms in total. The third-order valence-corrected chi connectivity index (χ3v) is 4.18. The lowest BCUT2D eigenvalue weighted by Crippen LogP contribution is -2.56. The van der Waals surface area contributed by atoms with E-state index in [9.17, 15) is 8.78 Å². The summed E-state index contributed by atoms with van der Waals surface area (Å²) in [6.07, 6.45) is 5.92. The Kier molecular flexibility index (Phi) is 5.16. The SMILES string of the molecule is CN=CC(=CN)c1ccc(C=N)c(Nc2ccnc(N3CC(F)(F)C3)c2)c1. The summed E-state index contributed by atoms with van der Waals surface area (Å²) >= 11 is 0. The van der Waals surface area contributed by atoms with Gasteiger partial charge in [0.25, 0.3) is 5.92 Å². The molecule has 3 rings (SSSR count). The quantitative estimate of drug-likeness (QED) is 0.681. The topological polar surface area (TPSA) is 90.4 Å². The van der Waals surface area contributed by atoms with Crippen LogP contribution >= 0.6 is 0 Å². The molecule has 1 aliphatic heterocycles. The third kappa shape index (κ3) is 4.11. The van der Waals surface area contributed by atoms with Crippen molar-refractivity contribution in [3.8, 4) is 0 Å². The van der Waals surface area contributed by atoms with Crippen molar-refractivity contribution < 1.29 is 8.78 Å². The Morgan fingerprint density at radius 2 is 2.11 bits per heavy atom. The fourth-order valence-corrected chi connectivity index (χ4v) is 2.82. The lowest BCUT2D eigenvalue weighted by atomic mass is 10.0. The first-order chi connectivity index (χ1) is 13.0. The molecule has 1 aliphatic rings. The van der Waals surface area contributed by atoms with Gasteiger partial charge in [-0.2, -0.15) is 0 Å². The van der Waals surface area contributed by atoms with Gasteiger partial charge in [-0.3, -0.25) is 4.99 Å².